The van der Waals surface area contributed by atoms with Gasteiger partial charge in [0.15, 0.2) is 0 Å². The summed E-state index contributed by atoms with van der Waals surface area (Å²) in [5, 5.41) is 4.28. The van der Waals surface area contributed by atoms with Gasteiger partial charge in [0, 0.05) is 30.3 Å². The standard InChI is InChI=1S/C16H25ClN2O/c1-3-7-18-11-13-5-6-14(17)10-16(13)19-8-9-20-15(4-2)12-19/h5-6,10,15,18H,3-4,7-9,11-12H2,1-2H3. The van der Waals surface area contributed by atoms with Crippen LogP contribution in [-0.2, 0) is 11.3 Å². The number of halogens is 1. The number of nitrogens with zero attached hydrogens (tertiary/aromatic N) is 1. The quantitative estimate of drug-likeness (QED) is 0.814. The lowest BCUT2D eigenvalue weighted by atomic mass is 10.1. The number of hydrogen-bond acceptors (Lipinski definition) is 3. The van der Waals surface area contributed by atoms with Gasteiger partial charge in [0.2, 0.25) is 0 Å². The van der Waals surface area contributed by atoms with Crippen LogP contribution in [0.2, 0.25) is 5.02 Å². The molecule has 1 aromatic rings. The predicted octanol–water partition coefficient (Wildman–Crippen LogP) is 3.45. The van der Waals surface area contributed by atoms with E-state index in [0.29, 0.717) is 6.10 Å². The van der Waals surface area contributed by atoms with E-state index in [0.717, 1.165) is 50.7 Å². The van der Waals surface area contributed by atoms with E-state index in [2.05, 4.69) is 36.2 Å². The highest BCUT2D eigenvalue weighted by Gasteiger charge is 2.21. The highest BCUT2D eigenvalue weighted by molar-refractivity contribution is 6.30. The van der Waals surface area contributed by atoms with Crippen molar-refractivity contribution in [1.82, 2.24) is 5.32 Å². The van der Waals surface area contributed by atoms with E-state index in [1.807, 2.05) is 6.07 Å². The molecule has 0 aliphatic carbocycles. The fourth-order valence-corrected chi connectivity index (χ4v) is 2.73. The summed E-state index contributed by atoms with van der Waals surface area (Å²) in [5.74, 6) is 0. The summed E-state index contributed by atoms with van der Waals surface area (Å²) < 4.78 is 5.76. The summed E-state index contributed by atoms with van der Waals surface area (Å²) in [6, 6.07) is 6.20. The molecule has 1 heterocycles. The molecule has 20 heavy (non-hydrogen) atoms. The van der Waals surface area contributed by atoms with Gasteiger partial charge in [-0.2, -0.15) is 0 Å². The Morgan fingerprint density at radius 1 is 1.40 bits per heavy atom. The summed E-state index contributed by atoms with van der Waals surface area (Å²) >= 11 is 6.19. The van der Waals surface area contributed by atoms with Gasteiger partial charge in [-0.15, -0.1) is 0 Å². The number of rotatable bonds is 6. The van der Waals surface area contributed by atoms with Crippen LogP contribution in [0, 0.1) is 0 Å². The van der Waals surface area contributed by atoms with Gasteiger partial charge in [0.25, 0.3) is 0 Å². The monoisotopic (exact) mass is 296 g/mol. The van der Waals surface area contributed by atoms with E-state index in [4.69, 9.17) is 16.3 Å². The van der Waals surface area contributed by atoms with Crippen LogP contribution in [0.4, 0.5) is 5.69 Å². The number of benzene rings is 1. The molecule has 3 nitrogen and oxygen atoms in total. The van der Waals surface area contributed by atoms with Crippen molar-refractivity contribution in [3.63, 3.8) is 0 Å². The zero-order valence-electron chi connectivity index (χ0n) is 12.5. The molecule has 1 aromatic carbocycles. The summed E-state index contributed by atoms with van der Waals surface area (Å²) in [4.78, 5) is 2.41. The molecule has 1 aliphatic heterocycles. The van der Waals surface area contributed by atoms with Crippen molar-refractivity contribution in [2.24, 2.45) is 0 Å². The largest absolute Gasteiger partial charge is 0.375 e. The number of hydrogen-bond donors (Lipinski definition) is 1. The van der Waals surface area contributed by atoms with Crippen molar-refractivity contribution in [2.45, 2.75) is 39.3 Å². The Kier molecular flexibility index (Phi) is 6.14. The minimum absolute atomic E-state index is 0.333. The van der Waals surface area contributed by atoms with Crippen LogP contribution in [0.5, 0.6) is 0 Å². The molecule has 1 fully saturated rings. The molecule has 1 N–H and O–H groups in total. The third-order valence-corrected chi connectivity index (χ3v) is 3.96. The number of ether oxygens (including phenoxy) is 1. The van der Waals surface area contributed by atoms with Crippen molar-refractivity contribution >= 4 is 17.3 Å². The molecule has 4 heteroatoms. The molecular weight excluding hydrogens is 272 g/mol. The molecule has 0 aromatic heterocycles. The first kappa shape index (κ1) is 15.6. The molecule has 2 rings (SSSR count). The lowest BCUT2D eigenvalue weighted by Gasteiger charge is -2.35. The average molecular weight is 297 g/mol. The third kappa shape index (κ3) is 4.11. The fraction of sp³-hybridized carbons (Fsp3) is 0.625. The van der Waals surface area contributed by atoms with Gasteiger partial charge in [-0.25, -0.2) is 0 Å². The minimum atomic E-state index is 0.333. The van der Waals surface area contributed by atoms with Crippen LogP contribution in [0.1, 0.15) is 32.3 Å². The minimum Gasteiger partial charge on any atom is -0.375 e. The SMILES string of the molecule is CCCNCc1ccc(Cl)cc1N1CCOC(CC)C1. The van der Waals surface area contributed by atoms with Crippen LogP contribution in [-0.4, -0.2) is 32.3 Å². The van der Waals surface area contributed by atoms with Gasteiger partial charge in [-0.05, 0) is 37.1 Å². The zero-order chi connectivity index (χ0) is 14.4. The lowest BCUT2D eigenvalue weighted by molar-refractivity contribution is 0.0384. The first-order valence-electron chi connectivity index (χ1n) is 7.60. The molecule has 0 amide bonds. The first-order chi connectivity index (χ1) is 9.74. The second-order valence-electron chi connectivity index (χ2n) is 5.30. The second kappa shape index (κ2) is 7.87. The highest BCUT2D eigenvalue weighted by atomic mass is 35.5. The van der Waals surface area contributed by atoms with Gasteiger partial charge < -0.3 is 15.0 Å². The Morgan fingerprint density at radius 3 is 3.00 bits per heavy atom. The Hall–Kier alpha value is -0.770. The van der Waals surface area contributed by atoms with Crippen LogP contribution in [0.25, 0.3) is 0 Å². The molecule has 112 valence electrons. The van der Waals surface area contributed by atoms with E-state index in [1.165, 1.54) is 11.3 Å². The van der Waals surface area contributed by atoms with Gasteiger partial charge in [-0.1, -0.05) is 31.5 Å². The van der Waals surface area contributed by atoms with Crippen LogP contribution in [0.3, 0.4) is 0 Å². The van der Waals surface area contributed by atoms with Crippen LogP contribution >= 0.6 is 11.6 Å². The van der Waals surface area contributed by atoms with Crippen molar-refractivity contribution in [3.05, 3.63) is 28.8 Å². The second-order valence-corrected chi connectivity index (χ2v) is 5.73. The van der Waals surface area contributed by atoms with Gasteiger partial charge in [0.05, 0.1) is 12.7 Å². The van der Waals surface area contributed by atoms with Gasteiger partial charge in [0.1, 0.15) is 0 Å². The van der Waals surface area contributed by atoms with Crippen molar-refractivity contribution in [2.75, 3.05) is 31.1 Å². The van der Waals surface area contributed by atoms with E-state index in [1.54, 1.807) is 0 Å². The summed E-state index contributed by atoms with van der Waals surface area (Å²) in [6.45, 7) is 9.00. The maximum atomic E-state index is 6.19. The molecular formula is C16H25ClN2O. The fourth-order valence-electron chi connectivity index (χ4n) is 2.57. The van der Waals surface area contributed by atoms with Gasteiger partial charge >= 0.3 is 0 Å². The summed E-state index contributed by atoms with van der Waals surface area (Å²) in [6.07, 6.45) is 2.54. The predicted molar refractivity (Wildman–Crippen MR) is 85.7 cm³/mol. The number of anilines is 1. The Balaban J connectivity index is 2.13. The topological polar surface area (TPSA) is 24.5 Å². The van der Waals surface area contributed by atoms with Crippen molar-refractivity contribution < 1.29 is 4.74 Å². The zero-order valence-corrected chi connectivity index (χ0v) is 13.2. The molecule has 0 bridgehead atoms. The third-order valence-electron chi connectivity index (χ3n) is 3.72. The summed E-state index contributed by atoms with van der Waals surface area (Å²) in [7, 11) is 0. The van der Waals surface area contributed by atoms with E-state index in [-0.39, 0.29) is 0 Å². The maximum absolute atomic E-state index is 6.19. The molecule has 1 aliphatic rings. The van der Waals surface area contributed by atoms with Crippen LogP contribution < -0.4 is 10.2 Å². The van der Waals surface area contributed by atoms with E-state index in [9.17, 15) is 0 Å². The molecule has 1 unspecified atom stereocenters. The molecule has 1 saturated heterocycles. The van der Waals surface area contributed by atoms with Crippen molar-refractivity contribution in [3.8, 4) is 0 Å². The maximum Gasteiger partial charge on any atom is 0.0748 e. The lowest BCUT2D eigenvalue weighted by Crippen LogP contribution is -2.42. The molecule has 0 saturated carbocycles. The number of nitrogens with one attached hydrogen (secondary N) is 1. The number of morpholine rings is 1. The molecule has 0 spiro atoms. The molecule has 1 atom stereocenters. The van der Waals surface area contributed by atoms with Gasteiger partial charge in [-0.3, -0.25) is 0 Å². The van der Waals surface area contributed by atoms with E-state index >= 15 is 0 Å². The van der Waals surface area contributed by atoms with Crippen LogP contribution in [0.15, 0.2) is 18.2 Å². The first-order valence-corrected chi connectivity index (χ1v) is 7.98. The molecule has 0 radical (unpaired) electrons. The normalized spacial score (nSPS) is 19.4. The summed E-state index contributed by atoms with van der Waals surface area (Å²) in [5.41, 5.74) is 2.57. The Morgan fingerprint density at radius 2 is 2.25 bits per heavy atom. The Bertz CT molecular complexity index is 425. The van der Waals surface area contributed by atoms with E-state index < -0.39 is 0 Å². The average Bonchev–Trinajstić information content (AvgIpc) is 2.49. The smallest absolute Gasteiger partial charge is 0.0748 e. The highest BCUT2D eigenvalue weighted by Crippen LogP contribution is 2.27. The van der Waals surface area contributed by atoms with Crippen molar-refractivity contribution in [1.29, 1.82) is 0 Å². The Labute approximate surface area is 127 Å².